The number of hydrogen-bond donors (Lipinski definition) is 3. The van der Waals surface area contributed by atoms with Crippen LogP contribution in [0.1, 0.15) is 44.0 Å². The van der Waals surface area contributed by atoms with Gasteiger partial charge in [-0.3, -0.25) is 5.10 Å². The summed E-state index contributed by atoms with van der Waals surface area (Å²) in [5, 5.41) is 6.54. The Hall–Kier alpha value is -0.920. The van der Waals surface area contributed by atoms with E-state index in [4.69, 9.17) is 5.73 Å². The van der Waals surface area contributed by atoms with Gasteiger partial charge in [-0.05, 0) is 13.3 Å². The van der Waals surface area contributed by atoms with Gasteiger partial charge in [0, 0.05) is 13.1 Å². The van der Waals surface area contributed by atoms with Crippen LogP contribution >= 0.6 is 0 Å². The predicted octanol–water partition coefficient (Wildman–Crippen LogP) is 1.04. The Morgan fingerprint density at radius 3 is 2.67 bits per heavy atom. The molecule has 4 N–H and O–H groups in total. The maximum atomic E-state index is 12.1. The van der Waals surface area contributed by atoms with Gasteiger partial charge >= 0.3 is 0 Å². The van der Waals surface area contributed by atoms with Crippen LogP contribution in [0.3, 0.4) is 0 Å². The molecule has 0 unspecified atom stereocenters. The van der Waals surface area contributed by atoms with E-state index in [1.807, 2.05) is 0 Å². The number of nitrogens with one attached hydrogen (secondary N) is 2. The number of nitrogens with two attached hydrogens (primary N) is 1. The summed E-state index contributed by atoms with van der Waals surface area (Å²) in [7, 11) is -3.50. The van der Waals surface area contributed by atoms with Crippen molar-refractivity contribution in [3.8, 4) is 0 Å². The van der Waals surface area contributed by atoms with Crippen LogP contribution in [0.15, 0.2) is 4.90 Å². The minimum absolute atomic E-state index is 0.108. The van der Waals surface area contributed by atoms with E-state index in [0.717, 1.165) is 25.7 Å². The maximum absolute atomic E-state index is 12.1. The number of aromatic nitrogens is 2. The molecule has 1 aromatic rings. The van der Waals surface area contributed by atoms with Gasteiger partial charge in [0.2, 0.25) is 10.0 Å². The highest BCUT2D eigenvalue weighted by Gasteiger charge is 2.22. The number of sulfonamides is 1. The second kappa shape index (κ2) is 6.86. The Morgan fingerprint density at radius 1 is 1.33 bits per heavy atom. The van der Waals surface area contributed by atoms with Crippen LogP contribution in [0.5, 0.6) is 0 Å². The SMILES string of the molecule is CCCCCCNS(=O)(=O)c1c(CN)n[nH]c1C. The molecule has 0 aliphatic rings. The lowest BCUT2D eigenvalue weighted by molar-refractivity contribution is 0.572. The predicted molar refractivity (Wildman–Crippen MR) is 70.5 cm³/mol. The van der Waals surface area contributed by atoms with E-state index in [0.29, 0.717) is 17.9 Å². The minimum atomic E-state index is -3.50. The molecule has 0 fully saturated rings. The van der Waals surface area contributed by atoms with E-state index in [-0.39, 0.29) is 11.4 Å². The van der Waals surface area contributed by atoms with E-state index in [1.54, 1.807) is 6.92 Å². The molecule has 0 spiro atoms. The summed E-state index contributed by atoms with van der Waals surface area (Å²) in [6.45, 7) is 4.36. The summed E-state index contributed by atoms with van der Waals surface area (Å²) >= 11 is 0. The normalized spacial score (nSPS) is 11.9. The molecular formula is C11H22N4O2S. The third-order valence-electron chi connectivity index (χ3n) is 2.75. The van der Waals surface area contributed by atoms with Gasteiger partial charge in [-0.25, -0.2) is 13.1 Å². The fourth-order valence-corrected chi connectivity index (χ4v) is 3.24. The van der Waals surface area contributed by atoms with Gasteiger partial charge < -0.3 is 5.73 Å². The van der Waals surface area contributed by atoms with Crippen molar-refractivity contribution in [2.45, 2.75) is 51.0 Å². The van der Waals surface area contributed by atoms with Gasteiger partial charge in [-0.2, -0.15) is 5.10 Å². The van der Waals surface area contributed by atoms with Crippen LogP contribution in [0.25, 0.3) is 0 Å². The lowest BCUT2D eigenvalue weighted by atomic mass is 10.2. The highest BCUT2D eigenvalue weighted by molar-refractivity contribution is 7.89. The fourth-order valence-electron chi connectivity index (χ4n) is 1.79. The molecule has 7 heteroatoms. The molecule has 0 saturated heterocycles. The standard InChI is InChI=1S/C11H22N4O2S/c1-3-4-5-6-7-13-18(16,17)11-9(2)14-15-10(11)8-12/h13H,3-8,12H2,1-2H3,(H,14,15). The third kappa shape index (κ3) is 3.79. The summed E-state index contributed by atoms with van der Waals surface area (Å²) in [6, 6.07) is 0. The topological polar surface area (TPSA) is 101 Å². The maximum Gasteiger partial charge on any atom is 0.244 e. The number of unbranched alkanes of at least 4 members (excludes halogenated alkanes) is 3. The quantitative estimate of drug-likeness (QED) is 0.616. The zero-order valence-electron chi connectivity index (χ0n) is 11.0. The molecule has 0 atom stereocenters. The Bertz CT molecular complexity index is 467. The molecule has 0 saturated carbocycles. The summed E-state index contributed by atoms with van der Waals surface area (Å²) < 4.78 is 26.8. The summed E-state index contributed by atoms with van der Waals surface area (Å²) in [5.41, 5.74) is 6.39. The molecule has 0 aliphatic heterocycles. The van der Waals surface area contributed by atoms with Gasteiger partial charge in [0.25, 0.3) is 0 Å². The Kier molecular flexibility index (Phi) is 5.77. The first-order valence-corrected chi connectivity index (χ1v) is 7.74. The Balaban J connectivity index is 2.65. The first-order valence-electron chi connectivity index (χ1n) is 6.26. The van der Waals surface area contributed by atoms with E-state index in [2.05, 4.69) is 21.8 Å². The average molecular weight is 274 g/mol. The van der Waals surface area contributed by atoms with Crippen LogP contribution in [0, 0.1) is 6.92 Å². The molecule has 0 aromatic carbocycles. The zero-order valence-corrected chi connectivity index (χ0v) is 11.8. The Labute approximate surface area is 108 Å². The van der Waals surface area contributed by atoms with Crippen LogP contribution in [-0.2, 0) is 16.6 Å². The van der Waals surface area contributed by atoms with Crippen molar-refractivity contribution < 1.29 is 8.42 Å². The number of nitrogens with zero attached hydrogens (tertiary/aromatic N) is 1. The van der Waals surface area contributed by atoms with Crippen molar-refractivity contribution in [1.29, 1.82) is 0 Å². The lowest BCUT2D eigenvalue weighted by Crippen LogP contribution is -2.26. The van der Waals surface area contributed by atoms with Crippen molar-refractivity contribution in [2.75, 3.05) is 6.54 Å². The summed E-state index contributed by atoms with van der Waals surface area (Å²) in [4.78, 5) is 0.195. The van der Waals surface area contributed by atoms with Crippen LogP contribution in [-0.4, -0.2) is 25.2 Å². The largest absolute Gasteiger partial charge is 0.325 e. The van der Waals surface area contributed by atoms with E-state index in [9.17, 15) is 8.42 Å². The van der Waals surface area contributed by atoms with Crippen molar-refractivity contribution in [3.05, 3.63) is 11.4 Å². The van der Waals surface area contributed by atoms with Gasteiger partial charge in [0.05, 0.1) is 11.4 Å². The zero-order chi connectivity index (χ0) is 13.6. The lowest BCUT2D eigenvalue weighted by Gasteiger charge is -2.07. The number of hydrogen-bond acceptors (Lipinski definition) is 4. The molecule has 0 radical (unpaired) electrons. The smallest absolute Gasteiger partial charge is 0.244 e. The number of rotatable bonds is 8. The van der Waals surface area contributed by atoms with Crippen LogP contribution in [0.2, 0.25) is 0 Å². The molecule has 18 heavy (non-hydrogen) atoms. The van der Waals surface area contributed by atoms with Gasteiger partial charge in [-0.15, -0.1) is 0 Å². The molecule has 0 amide bonds. The fraction of sp³-hybridized carbons (Fsp3) is 0.727. The van der Waals surface area contributed by atoms with Crippen molar-refractivity contribution in [2.24, 2.45) is 5.73 Å². The number of H-pyrrole nitrogens is 1. The van der Waals surface area contributed by atoms with E-state index < -0.39 is 10.0 Å². The average Bonchev–Trinajstić information content (AvgIpc) is 2.71. The highest BCUT2D eigenvalue weighted by Crippen LogP contribution is 2.16. The van der Waals surface area contributed by atoms with E-state index >= 15 is 0 Å². The number of aryl methyl sites for hydroxylation is 1. The molecular weight excluding hydrogens is 252 g/mol. The monoisotopic (exact) mass is 274 g/mol. The van der Waals surface area contributed by atoms with Crippen LogP contribution < -0.4 is 10.5 Å². The van der Waals surface area contributed by atoms with Crippen molar-refractivity contribution >= 4 is 10.0 Å². The third-order valence-corrected chi connectivity index (χ3v) is 4.41. The van der Waals surface area contributed by atoms with Crippen molar-refractivity contribution in [3.63, 3.8) is 0 Å². The highest BCUT2D eigenvalue weighted by atomic mass is 32.2. The minimum Gasteiger partial charge on any atom is -0.325 e. The molecule has 1 rings (SSSR count). The first kappa shape index (κ1) is 15.1. The van der Waals surface area contributed by atoms with Gasteiger partial charge in [0.1, 0.15) is 4.90 Å². The molecule has 1 heterocycles. The summed E-state index contributed by atoms with van der Waals surface area (Å²) in [5.74, 6) is 0. The van der Waals surface area contributed by atoms with E-state index in [1.165, 1.54) is 0 Å². The van der Waals surface area contributed by atoms with Crippen LogP contribution in [0.4, 0.5) is 0 Å². The van der Waals surface area contributed by atoms with Crippen molar-refractivity contribution in [1.82, 2.24) is 14.9 Å². The van der Waals surface area contributed by atoms with Gasteiger partial charge in [0.15, 0.2) is 0 Å². The molecule has 0 bridgehead atoms. The number of aromatic amines is 1. The Morgan fingerprint density at radius 2 is 2.06 bits per heavy atom. The van der Waals surface area contributed by atoms with Gasteiger partial charge in [-0.1, -0.05) is 26.2 Å². The summed E-state index contributed by atoms with van der Waals surface area (Å²) in [6.07, 6.45) is 4.14. The first-order chi connectivity index (χ1) is 8.53. The second-order valence-electron chi connectivity index (χ2n) is 4.29. The molecule has 1 aromatic heterocycles. The molecule has 6 nitrogen and oxygen atoms in total. The molecule has 0 aliphatic carbocycles. The second-order valence-corrected chi connectivity index (χ2v) is 5.99. The molecule has 104 valence electrons.